The highest BCUT2D eigenvalue weighted by molar-refractivity contribution is 8.15. The zero-order valence-corrected chi connectivity index (χ0v) is 11.3. The third-order valence-electron chi connectivity index (χ3n) is 2.60. The van der Waals surface area contributed by atoms with E-state index in [1.807, 2.05) is 0 Å². The van der Waals surface area contributed by atoms with Gasteiger partial charge in [0.2, 0.25) is 5.91 Å². The molecule has 0 bridgehead atoms. The summed E-state index contributed by atoms with van der Waals surface area (Å²) in [5.41, 5.74) is 4.50. The Morgan fingerprint density at radius 3 is 2.71 bits per heavy atom. The van der Waals surface area contributed by atoms with Crippen LogP contribution < -0.4 is 11.1 Å². The molecule has 112 valence electrons. The first-order valence-corrected chi connectivity index (χ1v) is 6.65. The second-order valence-electron chi connectivity index (χ2n) is 4.23. The molecule has 0 saturated heterocycles. The molecule has 0 spiro atoms. The summed E-state index contributed by atoms with van der Waals surface area (Å²) in [6.07, 6.45) is -4.69. The third kappa shape index (κ3) is 3.97. The van der Waals surface area contributed by atoms with Crippen molar-refractivity contribution in [3.05, 3.63) is 29.8 Å². The van der Waals surface area contributed by atoms with Crippen LogP contribution in [-0.2, 0) is 15.8 Å². The van der Waals surface area contributed by atoms with Gasteiger partial charge in [0.1, 0.15) is 5.25 Å². The number of carbonyl (C=O) groups excluding carboxylic acids is 2. The molecular weight excluding hydrogens is 307 g/mol. The van der Waals surface area contributed by atoms with Crippen molar-refractivity contribution in [1.29, 1.82) is 0 Å². The summed E-state index contributed by atoms with van der Waals surface area (Å²) < 4.78 is 37.6. The molecule has 9 heteroatoms. The van der Waals surface area contributed by atoms with E-state index in [9.17, 15) is 22.8 Å². The first-order valence-electron chi connectivity index (χ1n) is 5.77. The van der Waals surface area contributed by atoms with Crippen molar-refractivity contribution < 1.29 is 22.8 Å². The molecule has 21 heavy (non-hydrogen) atoms. The Balaban J connectivity index is 1.99. The van der Waals surface area contributed by atoms with Crippen molar-refractivity contribution in [2.45, 2.75) is 17.8 Å². The van der Waals surface area contributed by atoms with Crippen LogP contribution in [0.15, 0.2) is 29.3 Å². The Morgan fingerprint density at radius 1 is 1.43 bits per heavy atom. The summed E-state index contributed by atoms with van der Waals surface area (Å²) in [7, 11) is 0. The molecule has 0 unspecified atom stereocenters. The van der Waals surface area contributed by atoms with E-state index >= 15 is 0 Å². The van der Waals surface area contributed by atoms with Gasteiger partial charge in [-0.15, -0.1) is 0 Å². The maximum absolute atomic E-state index is 12.5. The molecule has 0 saturated carbocycles. The highest BCUT2D eigenvalue weighted by atomic mass is 32.2. The number of alkyl halides is 3. The summed E-state index contributed by atoms with van der Waals surface area (Å²) in [4.78, 5) is 26.5. The Bertz CT molecular complexity index is 616. The highest BCUT2D eigenvalue weighted by Gasteiger charge is 2.31. The van der Waals surface area contributed by atoms with Gasteiger partial charge in [0.25, 0.3) is 5.91 Å². The molecule has 1 aliphatic heterocycles. The molecule has 2 rings (SSSR count). The number of nitrogens with two attached hydrogens (primary N) is 1. The summed E-state index contributed by atoms with van der Waals surface area (Å²) >= 11 is 0.957. The molecule has 0 radical (unpaired) electrons. The van der Waals surface area contributed by atoms with Crippen molar-refractivity contribution in [2.24, 2.45) is 10.7 Å². The van der Waals surface area contributed by atoms with Gasteiger partial charge < -0.3 is 11.1 Å². The lowest BCUT2D eigenvalue weighted by Crippen LogP contribution is -2.21. The van der Waals surface area contributed by atoms with Gasteiger partial charge in [-0.05, 0) is 18.2 Å². The van der Waals surface area contributed by atoms with Gasteiger partial charge in [-0.25, -0.2) is 0 Å². The fraction of sp³-hybridized carbons (Fsp3) is 0.250. The van der Waals surface area contributed by atoms with Crippen molar-refractivity contribution >= 4 is 34.4 Å². The van der Waals surface area contributed by atoms with E-state index in [2.05, 4.69) is 10.3 Å². The van der Waals surface area contributed by atoms with Gasteiger partial charge in [0.05, 0.1) is 5.56 Å². The van der Waals surface area contributed by atoms with E-state index in [4.69, 9.17) is 5.73 Å². The van der Waals surface area contributed by atoms with E-state index in [1.165, 1.54) is 12.1 Å². The Morgan fingerprint density at radius 2 is 2.14 bits per heavy atom. The lowest BCUT2D eigenvalue weighted by molar-refractivity contribution is -0.137. The SMILES string of the molecule is NC1=NC(=O)[C@@H](CC(=O)Nc2cccc(C(F)(F)F)c2)S1. The molecule has 0 fully saturated rings. The van der Waals surface area contributed by atoms with Crippen LogP contribution in [0.1, 0.15) is 12.0 Å². The smallest absolute Gasteiger partial charge is 0.378 e. The molecule has 3 N–H and O–H groups in total. The van der Waals surface area contributed by atoms with E-state index < -0.39 is 28.8 Å². The van der Waals surface area contributed by atoms with Crippen LogP contribution >= 0.6 is 11.8 Å². The lowest BCUT2D eigenvalue weighted by atomic mass is 10.2. The minimum atomic E-state index is -4.49. The van der Waals surface area contributed by atoms with Crippen molar-refractivity contribution in [2.75, 3.05) is 5.32 Å². The van der Waals surface area contributed by atoms with Crippen LogP contribution in [0.3, 0.4) is 0 Å². The van der Waals surface area contributed by atoms with Gasteiger partial charge >= 0.3 is 6.18 Å². The second kappa shape index (κ2) is 5.76. The predicted octanol–water partition coefficient (Wildman–Crippen LogP) is 1.99. The van der Waals surface area contributed by atoms with E-state index in [1.54, 1.807) is 0 Å². The van der Waals surface area contributed by atoms with Crippen molar-refractivity contribution in [1.82, 2.24) is 0 Å². The van der Waals surface area contributed by atoms with Gasteiger partial charge in [0, 0.05) is 12.1 Å². The molecule has 1 atom stereocenters. The number of aliphatic imine (C=N–C) groups is 1. The van der Waals surface area contributed by atoms with Crippen LogP contribution in [0, 0.1) is 0 Å². The first kappa shape index (κ1) is 15.4. The number of amidine groups is 1. The average molecular weight is 317 g/mol. The van der Waals surface area contributed by atoms with Gasteiger partial charge in [-0.3, -0.25) is 9.59 Å². The molecule has 0 aliphatic carbocycles. The molecule has 1 aromatic carbocycles. The van der Waals surface area contributed by atoms with E-state index in [0.717, 1.165) is 23.9 Å². The van der Waals surface area contributed by atoms with Crippen LogP contribution in [0.5, 0.6) is 0 Å². The molecule has 0 aromatic heterocycles. The maximum Gasteiger partial charge on any atom is 0.416 e. The quantitative estimate of drug-likeness (QED) is 0.893. The molecule has 1 aliphatic rings. The Kier molecular flexibility index (Phi) is 4.21. The maximum atomic E-state index is 12.5. The number of nitrogens with one attached hydrogen (secondary N) is 1. The number of anilines is 1. The largest absolute Gasteiger partial charge is 0.416 e. The number of hydrogen-bond acceptors (Lipinski definition) is 4. The number of nitrogens with zero attached hydrogens (tertiary/aromatic N) is 1. The van der Waals surface area contributed by atoms with Crippen LogP contribution in [0.4, 0.5) is 18.9 Å². The molecule has 2 amide bonds. The van der Waals surface area contributed by atoms with E-state index in [0.29, 0.717) is 0 Å². The number of benzene rings is 1. The summed E-state index contributed by atoms with van der Waals surface area (Å²) in [6.45, 7) is 0. The standard InChI is InChI=1S/C12H10F3N3O2S/c13-12(14,15)6-2-1-3-7(4-6)17-9(19)5-8-10(20)18-11(16)21-8/h1-4,8H,5H2,(H,17,19)(H2,16,18,20)/t8-/m1/s1. The lowest BCUT2D eigenvalue weighted by Gasteiger charge is -2.11. The number of halogens is 3. The minimum absolute atomic E-state index is 0.0131. The fourth-order valence-corrected chi connectivity index (χ4v) is 2.51. The number of carbonyl (C=O) groups is 2. The Labute approximate surface area is 121 Å². The molecule has 1 heterocycles. The highest BCUT2D eigenvalue weighted by Crippen LogP contribution is 2.31. The summed E-state index contributed by atoms with van der Waals surface area (Å²) in [5, 5.41) is 1.67. The normalized spacial score (nSPS) is 18.5. The van der Waals surface area contributed by atoms with Gasteiger partial charge in [0.15, 0.2) is 5.17 Å². The monoisotopic (exact) mass is 317 g/mol. The van der Waals surface area contributed by atoms with Crippen molar-refractivity contribution in [3.63, 3.8) is 0 Å². The first-order chi connectivity index (χ1) is 9.75. The fourth-order valence-electron chi connectivity index (χ4n) is 1.69. The number of hydrogen-bond donors (Lipinski definition) is 2. The van der Waals surface area contributed by atoms with Crippen molar-refractivity contribution in [3.8, 4) is 0 Å². The van der Waals surface area contributed by atoms with Crippen LogP contribution in [0.25, 0.3) is 0 Å². The van der Waals surface area contributed by atoms with Crippen LogP contribution in [0.2, 0.25) is 0 Å². The number of rotatable bonds is 3. The molecule has 5 nitrogen and oxygen atoms in total. The zero-order valence-electron chi connectivity index (χ0n) is 10.5. The number of thioether (sulfide) groups is 1. The topological polar surface area (TPSA) is 84.5 Å². The van der Waals surface area contributed by atoms with E-state index in [-0.39, 0.29) is 17.3 Å². The minimum Gasteiger partial charge on any atom is -0.378 e. The molecule has 1 aromatic rings. The summed E-state index contributed by atoms with van der Waals surface area (Å²) in [5.74, 6) is -1.10. The predicted molar refractivity (Wildman–Crippen MR) is 72.7 cm³/mol. The zero-order chi connectivity index (χ0) is 15.6. The molecular formula is C12H10F3N3O2S. The Hall–Kier alpha value is -2.03. The second-order valence-corrected chi connectivity index (χ2v) is 5.45. The third-order valence-corrected chi connectivity index (χ3v) is 3.59. The van der Waals surface area contributed by atoms with Gasteiger partial charge in [-0.1, -0.05) is 17.8 Å². The number of amides is 2. The van der Waals surface area contributed by atoms with Crippen LogP contribution in [-0.4, -0.2) is 22.2 Å². The average Bonchev–Trinajstić information content (AvgIpc) is 2.67. The van der Waals surface area contributed by atoms with Gasteiger partial charge in [-0.2, -0.15) is 18.2 Å². The summed E-state index contributed by atoms with van der Waals surface area (Å²) in [6, 6.07) is 4.25.